The van der Waals surface area contributed by atoms with E-state index in [1.165, 1.54) is 0 Å². The van der Waals surface area contributed by atoms with Gasteiger partial charge in [0.05, 0.1) is 5.75 Å². The van der Waals surface area contributed by atoms with Gasteiger partial charge in [-0.25, -0.2) is 8.42 Å². The zero-order valence-corrected chi connectivity index (χ0v) is 11.0. The van der Waals surface area contributed by atoms with Gasteiger partial charge in [0, 0.05) is 22.5 Å². The highest BCUT2D eigenvalue weighted by atomic mass is 35.5. The van der Waals surface area contributed by atoms with E-state index < -0.39 is 9.84 Å². The fourth-order valence-corrected chi connectivity index (χ4v) is 2.67. The van der Waals surface area contributed by atoms with Gasteiger partial charge in [-0.15, -0.1) is 0 Å². The minimum Gasteiger partial charge on any atom is -0.382 e. The molecule has 0 fully saturated rings. The third-order valence-electron chi connectivity index (χ3n) is 2.18. The first-order valence-corrected chi connectivity index (χ1v) is 7.35. The highest BCUT2D eigenvalue weighted by Gasteiger charge is 2.13. The van der Waals surface area contributed by atoms with Crippen LogP contribution in [0.25, 0.3) is 0 Å². The molecule has 0 heterocycles. The Morgan fingerprint density at radius 2 is 2.12 bits per heavy atom. The zero-order valence-electron chi connectivity index (χ0n) is 9.40. The molecular formula is C11H16ClNO2S. The first kappa shape index (κ1) is 13.3. The van der Waals surface area contributed by atoms with Crippen LogP contribution in [0.3, 0.4) is 0 Å². The van der Waals surface area contributed by atoms with E-state index >= 15 is 0 Å². The van der Waals surface area contributed by atoms with Crippen LogP contribution in [0.5, 0.6) is 0 Å². The fourth-order valence-electron chi connectivity index (χ4n) is 1.40. The Kier molecular flexibility index (Phi) is 4.62. The van der Waals surface area contributed by atoms with E-state index in [-0.39, 0.29) is 17.5 Å². The summed E-state index contributed by atoms with van der Waals surface area (Å²) < 4.78 is 22.8. The normalized spacial score (nSPS) is 13.4. The van der Waals surface area contributed by atoms with Crippen molar-refractivity contribution in [2.24, 2.45) is 0 Å². The predicted octanol–water partition coefficient (Wildman–Crippen LogP) is 2.58. The Morgan fingerprint density at radius 3 is 2.69 bits per heavy atom. The molecule has 1 unspecified atom stereocenters. The summed E-state index contributed by atoms with van der Waals surface area (Å²) in [4.78, 5) is 0. The largest absolute Gasteiger partial charge is 0.382 e. The molecule has 16 heavy (non-hydrogen) atoms. The van der Waals surface area contributed by atoms with Gasteiger partial charge in [-0.2, -0.15) is 0 Å². The second kappa shape index (κ2) is 5.55. The molecule has 3 nitrogen and oxygen atoms in total. The quantitative estimate of drug-likeness (QED) is 0.886. The molecule has 0 radical (unpaired) electrons. The summed E-state index contributed by atoms with van der Waals surface area (Å²) in [6.45, 7) is 3.50. The Morgan fingerprint density at radius 1 is 1.44 bits per heavy atom. The van der Waals surface area contributed by atoms with Gasteiger partial charge in [-0.1, -0.05) is 24.6 Å². The highest BCUT2D eigenvalue weighted by Crippen LogP contribution is 2.16. The number of hydrogen-bond acceptors (Lipinski definition) is 3. The van der Waals surface area contributed by atoms with Crippen LogP contribution in [0.2, 0.25) is 5.02 Å². The summed E-state index contributed by atoms with van der Waals surface area (Å²) in [5.74, 6) is 0.310. The average Bonchev–Trinajstić information content (AvgIpc) is 2.16. The van der Waals surface area contributed by atoms with Crippen molar-refractivity contribution in [3.8, 4) is 0 Å². The lowest BCUT2D eigenvalue weighted by Gasteiger charge is -2.14. The Bertz CT molecular complexity index is 445. The van der Waals surface area contributed by atoms with Gasteiger partial charge < -0.3 is 5.32 Å². The standard InChI is InChI=1S/C11H16ClNO2S/c1-3-16(14,15)8-9(2)13-11-6-4-5-10(12)7-11/h4-7,9,13H,3,8H2,1-2H3. The monoisotopic (exact) mass is 261 g/mol. The van der Waals surface area contributed by atoms with Crippen LogP contribution in [-0.2, 0) is 9.84 Å². The number of anilines is 1. The Balaban J connectivity index is 2.62. The minimum absolute atomic E-state index is 0.122. The van der Waals surface area contributed by atoms with Gasteiger partial charge in [-0.05, 0) is 25.1 Å². The van der Waals surface area contributed by atoms with E-state index in [0.29, 0.717) is 5.02 Å². The van der Waals surface area contributed by atoms with Gasteiger partial charge in [0.15, 0.2) is 9.84 Å². The zero-order chi connectivity index (χ0) is 12.2. The molecular weight excluding hydrogens is 246 g/mol. The number of benzene rings is 1. The molecule has 0 aliphatic rings. The number of nitrogens with one attached hydrogen (secondary N) is 1. The highest BCUT2D eigenvalue weighted by molar-refractivity contribution is 7.91. The number of rotatable bonds is 5. The maximum Gasteiger partial charge on any atom is 0.152 e. The molecule has 0 aliphatic heterocycles. The van der Waals surface area contributed by atoms with Crippen molar-refractivity contribution in [1.29, 1.82) is 0 Å². The molecule has 1 rings (SSSR count). The van der Waals surface area contributed by atoms with Crippen LogP contribution < -0.4 is 5.32 Å². The molecule has 1 atom stereocenters. The molecule has 0 spiro atoms. The van der Waals surface area contributed by atoms with Crippen molar-refractivity contribution in [3.05, 3.63) is 29.3 Å². The molecule has 1 aromatic carbocycles. The fraction of sp³-hybridized carbons (Fsp3) is 0.455. The van der Waals surface area contributed by atoms with Crippen LogP contribution in [-0.4, -0.2) is 26.0 Å². The maximum atomic E-state index is 11.4. The topological polar surface area (TPSA) is 46.2 Å². The summed E-state index contributed by atoms with van der Waals surface area (Å²) in [6, 6.07) is 7.12. The summed E-state index contributed by atoms with van der Waals surface area (Å²) in [6.07, 6.45) is 0. The van der Waals surface area contributed by atoms with Gasteiger partial charge in [0.25, 0.3) is 0 Å². The minimum atomic E-state index is -2.94. The Hall–Kier alpha value is -0.740. The van der Waals surface area contributed by atoms with Gasteiger partial charge in [0.1, 0.15) is 0 Å². The van der Waals surface area contributed by atoms with Crippen molar-refractivity contribution < 1.29 is 8.42 Å². The molecule has 0 saturated carbocycles. The van der Waals surface area contributed by atoms with Gasteiger partial charge in [-0.3, -0.25) is 0 Å². The lowest BCUT2D eigenvalue weighted by atomic mass is 10.3. The van der Waals surface area contributed by atoms with Crippen LogP contribution >= 0.6 is 11.6 Å². The van der Waals surface area contributed by atoms with Crippen LogP contribution in [0.1, 0.15) is 13.8 Å². The molecule has 90 valence electrons. The first-order chi connectivity index (χ1) is 7.43. The van der Waals surface area contributed by atoms with E-state index in [1.54, 1.807) is 19.1 Å². The maximum absolute atomic E-state index is 11.4. The summed E-state index contributed by atoms with van der Waals surface area (Å²) >= 11 is 5.83. The molecule has 5 heteroatoms. The van der Waals surface area contributed by atoms with Crippen molar-refractivity contribution in [3.63, 3.8) is 0 Å². The summed E-state index contributed by atoms with van der Waals surface area (Å²) in [5, 5.41) is 3.74. The van der Waals surface area contributed by atoms with E-state index in [0.717, 1.165) is 5.69 Å². The Labute approximate surface area is 102 Å². The summed E-state index contributed by atoms with van der Waals surface area (Å²) in [5.41, 5.74) is 0.839. The SMILES string of the molecule is CCS(=O)(=O)CC(C)Nc1cccc(Cl)c1. The van der Waals surface area contributed by atoms with Crippen LogP contribution in [0.4, 0.5) is 5.69 Å². The van der Waals surface area contributed by atoms with Crippen molar-refractivity contribution >= 4 is 27.1 Å². The second-order valence-corrected chi connectivity index (χ2v) is 6.59. The van der Waals surface area contributed by atoms with Crippen molar-refractivity contribution in [2.45, 2.75) is 19.9 Å². The average molecular weight is 262 g/mol. The smallest absolute Gasteiger partial charge is 0.152 e. The molecule has 1 N–H and O–H groups in total. The molecule has 0 aromatic heterocycles. The van der Waals surface area contributed by atoms with Crippen molar-refractivity contribution in [1.82, 2.24) is 0 Å². The molecule has 0 amide bonds. The predicted molar refractivity (Wildman–Crippen MR) is 68.9 cm³/mol. The molecule has 1 aromatic rings. The van der Waals surface area contributed by atoms with Gasteiger partial charge in [0.2, 0.25) is 0 Å². The lowest BCUT2D eigenvalue weighted by Crippen LogP contribution is -2.26. The number of halogens is 1. The van der Waals surface area contributed by atoms with Crippen LogP contribution in [0.15, 0.2) is 24.3 Å². The second-order valence-electron chi connectivity index (χ2n) is 3.75. The lowest BCUT2D eigenvalue weighted by molar-refractivity contribution is 0.593. The first-order valence-electron chi connectivity index (χ1n) is 5.15. The third-order valence-corrected chi connectivity index (χ3v) is 4.30. The van der Waals surface area contributed by atoms with Gasteiger partial charge >= 0.3 is 0 Å². The van der Waals surface area contributed by atoms with E-state index in [4.69, 9.17) is 11.6 Å². The van der Waals surface area contributed by atoms with E-state index in [1.807, 2.05) is 19.1 Å². The number of hydrogen-bond donors (Lipinski definition) is 1. The third kappa shape index (κ3) is 4.41. The molecule has 0 bridgehead atoms. The van der Waals surface area contributed by atoms with Crippen LogP contribution in [0, 0.1) is 0 Å². The van der Waals surface area contributed by atoms with E-state index in [9.17, 15) is 8.42 Å². The van der Waals surface area contributed by atoms with Crippen molar-refractivity contribution in [2.75, 3.05) is 16.8 Å². The summed E-state index contributed by atoms with van der Waals surface area (Å²) in [7, 11) is -2.94. The molecule has 0 saturated heterocycles. The molecule has 0 aliphatic carbocycles. The van der Waals surface area contributed by atoms with E-state index in [2.05, 4.69) is 5.32 Å². The number of sulfone groups is 1.